The summed E-state index contributed by atoms with van der Waals surface area (Å²) in [4.78, 5) is 16.3. The highest BCUT2D eigenvalue weighted by molar-refractivity contribution is 5.74. The molecule has 2 amide bonds. The van der Waals surface area contributed by atoms with Crippen LogP contribution in [0.15, 0.2) is 54.6 Å². The van der Waals surface area contributed by atoms with Crippen molar-refractivity contribution in [1.29, 1.82) is 0 Å². The van der Waals surface area contributed by atoms with Crippen LogP contribution in [-0.2, 0) is 13.1 Å². The summed E-state index contributed by atoms with van der Waals surface area (Å²) in [7, 11) is 4.11. The fourth-order valence-electron chi connectivity index (χ4n) is 3.12. The predicted molar refractivity (Wildman–Crippen MR) is 103 cm³/mol. The molecule has 0 radical (unpaired) electrons. The topological polar surface area (TPSA) is 44.8 Å². The van der Waals surface area contributed by atoms with Crippen molar-refractivity contribution in [2.75, 3.05) is 27.2 Å². The third kappa shape index (κ3) is 5.23. The van der Waals surface area contributed by atoms with Crippen LogP contribution in [0.1, 0.15) is 17.5 Å². The van der Waals surface area contributed by atoms with E-state index in [1.165, 1.54) is 5.56 Å². The molecule has 1 N–H and O–H groups in total. The zero-order valence-electron chi connectivity index (χ0n) is 15.5. The molecule has 0 spiro atoms. The van der Waals surface area contributed by atoms with Crippen molar-refractivity contribution in [1.82, 2.24) is 15.1 Å². The van der Waals surface area contributed by atoms with Gasteiger partial charge in [0.15, 0.2) is 0 Å². The molecule has 3 rings (SSSR count). The van der Waals surface area contributed by atoms with E-state index in [9.17, 15) is 4.79 Å². The lowest BCUT2D eigenvalue weighted by atomic mass is 10.1. The maximum atomic E-state index is 12.4. The first-order valence-corrected chi connectivity index (χ1v) is 9.07. The van der Waals surface area contributed by atoms with Crippen LogP contribution in [0.2, 0.25) is 0 Å². The van der Waals surface area contributed by atoms with E-state index in [2.05, 4.69) is 48.6 Å². The van der Waals surface area contributed by atoms with Crippen LogP contribution < -0.4 is 10.1 Å². The number of nitrogens with zero attached hydrogens (tertiary/aromatic N) is 2. The average molecular weight is 353 g/mol. The number of carbonyl (C=O) groups is 1. The minimum Gasteiger partial charge on any atom is -0.489 e. The van der Waals surface area contributed by atoms with E-state index >= 15 is 0 Å². The number of carbonyl (C=O) groups excluding carboxylic acids is 1. The first kappa shape index (κ1) is 18.3. The second kappa shape index (κ2) is 8.72. The molecule has 1 atom stereocenters. The predicted octanol–water partition coefficient (Wildman–Crippen LogP) is 3.11. The quantitative estimate of drug-likeness (QED) is 0.868. The zero-order valence-corrected chi connectivity index (χ0v) is 15.5. The lowest BCUT2D eigenvalue weighted by Gasteiger charge is -2.18. The number of hydrogen-bond acceptors (Lipinski definition) is 3. The van der Waals surface area contributed by atoms with Gasteiger partial charge in [-0.25, -0.2) is 4.79 Å². The monoisotopic (exact) mass is 353 g/mol. The molecule has 138 valence electrons. The summed E-state index contributed by atoms with van der Waals surface area (Å²) in [6.45, 7) is 2.82. The van der Waals surface area contributed by atoms with Crippen LogP contribution in [0.3, 0.4) is 0 Å². The summed E-state index contributed by atoms with van der Waals surface area (Å²) in [6.07, 6.45) is 0.926. The fraction of sp³-hybridized carbons (Fsp3) is 0.381. The van der Waals surface area contributed by atoms with E-state index in [0.29, 0.717) is 13.1 Å². The molecule has 2 aromatic rings. The highest BCUT2D eigenvalue weighted by atomic mass is 16.5. The number of urea groups is 1. The highest BCUT2D eigenvalue weighted by Gasteiger charge is 2.27. The van der Waals surface area contributed by atoms with Gasteiger partial charge in [-0.3, -0.25) is 0 Å². The summed E-state index contributed by atoms with van der Waals surface area (Å²) in [5.74, 6) is 0.859. The van der Waals surface area contributed by atoms with Gasteiger partial charge in [0.2, 0.25) is 0 Å². The van der Waals surface area contributed by atoms with Gasteiger partial charge in [0.25, 0.3) is 0 Å². The molecule has 1 heterocycles. The smallest absolute Gasteiger partial charge is 0.317 e. The fourth-order valence-corrected chi connectivity index (χ4v) is 3.12. The van der Waals surface area contributed by atoms with Crippen LogP contribution in [0.25, 0.3) is 0 Å². The Labute approximate surface area is 155 Å². The first-order chi connectivity index (χ1) is 12.6. The summed E-state index contributed by atoms with van der Waals surface area (Å²) in [5.41, 5.74) is 2.38. The number of hydrogen-bond donors (Lipinski definition) is 1. The van der Waals surface area contributed by atoms with E-state index in [-0.39, 0.29) is 12.1 Å². The third-order valence-electron chi connectivity index (χ3n) is 4.44. The van der Waals surface area contributed by atoms with E-state index in [1.54, 1.807) is 0 Å². The van der Waals surface area contributed by atoms with Gasteiger partial charge in [-0.1, -0.05) is 42.5 Å². The lowest BCUT2D eigenvalue weighted by Crippen LogP contribution is -2.39. The Kier molecular flexibility index (Phi) is 6.12. The average Bonchev–Trinajstić information content (AvgIpc) is 3.10. The van der Waals surface area contributed by atoms with Gasteiger partial charge < -0.3 is 19.9 Å². The van der Waals surface area contributed by atoms with Crippen LogP contribution in [-0.4, -0.2) is 49.1 Å². The second-order valence-corrected chi connectivity index (χ2v) is 7.00. The van der Waals surface area contributed by atoms with Crippen molar-refractivity contribution >= 4 is 6.03 Å². The van der Waals surface area contributed by atoms with Gasteiger partial charge in [-0.05, 0) is 37.4 Å². The van der Waals surface area contributed by atoms with E-state index in [0.717, 1.165) is 30.8 Å². The summed E-state index contributed by atoms with van der Waals surface area (Å²) in [6, 6.07) is 18.1. The van der Waals surface area contributed by atoms with E-state index < -0.39 is 0 Å². The Morgan fingerprint density at radius 2 is 1.81 bits per heavy atom. The largest absolute Gasteiger partial charge is 0.489 e. The van der Waals surface area contributed by atoms with Crippen molar-refractivity contribution < 1.29 is 9.53 Å². The Bertz CT molecular complexity index is 701. The molecule has 2 aromatic carbocycles. The Morgan fingerprint density at radius 3 is 2.50 bits per heavy atom. The normalized spacial score (nSPS) is 16.7. The first-order valence-electron chi connectivity index (χ1n) is 9.07. The highest BCUT2D eigenvalue weighted by Crippen LogP contribution is 2.18. The molecule has 5 heteroatoms. The summed E-state index contributed by atoms with van der Waals surface area (Å²) in [5, 5.41) is 3.01. The molecule has 5 nitrogen and oxygen atoms in total. The van der Waals surface area contributed by atoms with Gasteiger partial charge >= 0.3 is 6.03 Å². The van der Waals surface area contributed by atoms with Crippen molar-refractivity contribution in [2.45, 2.75) is 25.6 Å². The van der Waals surface area contributed by atoms with Gasteiger partial charge in [-0.15, -0.1) is 0 Å². The number of nitrogens with one attached hydrogen (secondary N) is 1. The minimum absolute atomic E-state index is 0.0264. The lowest BCUT2D eigenvalue weighted by molar-refractivity contribution is 0.186. The zero-order chi connectivity index (χ0) is 18.4. The molecule has 1 unspecified atom stereocenters. The standard InChI is InChI=1S/C21H27N3O2/c1-23(2)15-18-10-8-17(9-11-18)14-22-21(25)24-13-12-20(16-24)26-19-6-4-3-5-7-19/h3-11,20H,12-16H2,1-2H3,(H,22,25). The molecule has 1 aliphatic rings. The molecule has 0 bridgehead atoms. The number of para-hydroxylation sites is 1. The second-order valence-electron chi connectivity index (χ2n) is 7.00. The molecular weight excluding hydrogens is 326 g/mol. The van der Waals surface area contributed by atoms with Crippen LogP contribution in [0.5, 0.6) is 5.75 Å². The van der Waals surface area contributed by atoms with Gasteiger partial charge in [0, 0.05) is 26.1 Å². The van der Waals surface area contributed by atoms with Gasteiger partial charge in [-0.2, -0.15) is 0 Å². The number of benzene rings is 2. The van der Waals surface area contributed by atoms with Gasteiger partial charge in [0.05, 0.1) is 6.54 Å². The molecule has 1 aliphatic heterocycles. The maximum absolute atomic E-state index is 12.4. The van der Waals surface area contributed by atoms with Crippen molar-refractivity contribution in [3.8, 4) is 5.75 Å². The number of ether oxygens (including phenoxy) is 1. The SMILES string of the molecule is CN(C)Cc1ccc(CNC(=O)N2CCC(Oc3ccccc3)C2)cc1. The molecule has 1 fully saturated rings. The molecule has 0 aliphatic carbocycles. The van der Waals surface area contributed by atoms with Crippen molar-refractivity contribution in [2.24, 2.45) is 0 Å². The van der Waals surface area contributed by atoms with Crippen LogP contribution >= 0.6 is 0 Å². The van der Waals surface area contributed by atoms with Crippen molar-refractivity contribution in [3.05, 3.63) is 65.7 Å². The van der Waals surface area contributed by atoms with E-state index in [1.807, 2.05) is 35.2 Å². The van der Waals surface area contributed by atoms with Crippen molar-refractivity contribution in [3.63, 3.8) is 0 Å². The minimum atomic E-state index is -0.0264. The Morgan fingerprint density at radius 1 is 1.12 bits per heavy atom. The summed E-state index contributed by atoms with van der Waals surface area (Å²) < 4.78 is 5.94. The number of likely N-dealkylation sites (tertiary alicyclic amines) is 1. The Balaban J connectivity index is 1.44. The molecular formula is C21H27N3O2. The molecule has 1 saturated heterocycles. The Hall–Kier alpha value is -2.53. The van der Waals surface area contributed by atoms with E-state index in [4.69, 9.17) is 4.74 Å². The van der Waals surface area contributed by atoms with Gasteiger partial charge in [0.1, 0.15) is 11.9 Å². The van der Waals surface area contributed by atoms with Crippen LogP contribution in [0, 0.1) is 0 Å². The number of rotatable bonds is 6. The maximum Gasteiger partial charge on any atom is 0.317 e. The number of amides is 2. The molecule has 0 aromatic heterocycles. The van der Waals surface area contributed by atoms with Crippen LogP contribution in [0.4, 0.5) is 4.79 Å². The third-order valence-corrected chi connectivity index (χ3v) is 4.44. The molecule has 0 saturated carbocycles. The summed E-state index contributed by atoms with van der Waals surface area (Å²) >= 11 is 0. The molecule has 26 heavy (non-hydrogen) atoms.